The zero-order valence-electron chi connectivity index (χ0n) is 9.75. The Labute approximate surface area is 118 Å². The van der Waals surface area contributed by atoms with Crippen molar-refractivity contribution in [1.29, 1.82) is 0 Å². The van der Waals surface area contributed by atoms with Crippen LogP contribution >= 0.6 is 27.5 Å². The van der Waals surface area contributed by atoms with Gasteiger partial charge in [-0.25, -0.2) is 9.59 Å². The molecule has 0 aromatic heterocycles. The second kappa shape index (κ2) is 5.58. The van der Waals surface area contributed by atoms with Gasteiger partial charge in [0.15, 0.2) is 0 Å². The van der Waals surface area contributed by atoms with Crippen LogP contribution in [0.3, 0.4) is 0 Å². The number of nitrogens with one attached hydrogen (secondary N) is 2. The van der Waals surface area contributed by atoms with Crippen LogP contribution in [-0.4, -0.2) is 22.6 Å². The number of anilines is 1. The monoisotopic (exact) mass is 334 g/mol. The highest BCUT2D eigenvalue weighted by atomic mass is 79.9. The SMILES string of the molecule is CC(C)(NC(=O)Nc1ccc(Br)cc1Cl)C(=O)O. The second-order valence-corrected chi connectivity index (χ2v) is 5.46. The van der Waals surface area contributed by atoms with Crippen LogP contribution in [0.1, 0.15) is 13.8 Å². The van der Waals surface area contributed by atoms with E-state index >= 15 is 0 Å². The molecule has 98 valence electrons. The zero-order chi connectivity index (χ0) is 13.9. The minimum Gasteiger partial charge on any atom is -0.480 e. The predicted molar refractivity (Wildman–Crippen MR) is 73.0 cm³/mol. The molecule has 0 saturated carbocycles. The van der Waals surface area contributed by atoms with Crippen LogP contribution in [0.2, 0.25) is 5.02 Å². The predicted octanol–water partition coefficient (Wildman–Crippen LogP) is 3.09. The molecule has 0 heterocycles. The number of amides is 2. The maximum absolute atomic E-state index is 11.6. The number of carboxylic acid groups (broad SMARTS) is 1. The molecule has 5 nitrogen and oxygen atoms in total. The normalized spacial score (nSPS) is 10.9. The third-order valence-electron chi connectivity index (χ3n) is 2.14. The van der Waals surface area contributed by atoms with Gasteiger partial charge in [0.1, 0.15) is 5.54 Å². The molecule has 1 rings (SSSR count). The lowest BCUT2D eigenvalue weighted by Crippen LogP contribution is -2.51. The van der Waals surface area contributed by atoms with Crippen LogP contribution in [0.4, 0.5) is 10.5 Å². The molecule has 0 radical (unpaired) electrons. The summed E-state index contributed by atoms with van der Waals surface area (Å²) in [6.45, 7) is 2.77. The van der Waals surface area contributed by atoms with Crippen LogP contribution in [0.25, 0.3) is 0 Å². The Morgan fingerprint density at radius 2 is 2.00 bits per heavy atom. The third kappa shape index (κ3) is 3.89. The zero-order valence-corrected chi connectivity index (χ0v) is 12.1. The van der Waals surface area contributed by atoms with E-state index in [9.17, 15) is 9.59 Å². The number of carbonyl (C=O) groups is 2. The number of carbonyl (C=O) groups excluding carboxylic acids is 1. The molecule has 1 aromatic rings. The average molecular weight is 336 g/mol. The average Bonchev–Trinajstić information content (AvgIpc) is 2.21. The van der Waals surface area contributed by atoms with Gasteiger partial charge in [0, 0.05) is 4.47 Å². The van der Waals surface area contributed by atoms with Crippen molar-refractivity contribution in [2.75, 3.05) is 5.32 Å². The minimum absolute atomic E-state index is 0.354. The molecule has 2 amide bonds. The maximum Gasteiger partial charge on any atom is 0.328 e. The van der Waals surface area contributed by atoms with Crippen molar-refractivity contribution < 1.29 is 14.7 Å². The van der Waals surface area contributed by atoms with Crippen molar-refractivity contribution in [3.05, 3.63) is 27.7 Å². The molecule has 0 aliphatic heterocycles. The van der Waals surface area contributed by atoms with E-state index in [1.165, 1.54) is 13.8 Å². The first-order chi connectivity index (χ1) is 8.22. The van der Waals surface area contributed by atoms with Crippen molar-refractivity contribution in [3.8, 4) is 0 Å². The third-order valence-corrected chi connectivity index (χ3v) is 2.95. The minimum atomic E-state index is -1.36. The topological polar surface area (TPSA) is 78.4 Å². The molecular formula is C11H12BrClN2O3. The van der Waals surface area contributed by atoms with Crippen molar-refractivity contribution in [2.45, 2.75) is 19.4 Å². The standard InChI is InChI=1S/C11H12BrClN2O3/c1-11(2,9(16)17)15-10(18)14-8-4-3-6(12)5-7(8)13/h3-5H,1-2H3,(H,16,17)(H2,14,15,18). The van der Waals surface area contributed by atoms with E-state index in [2.05, 4.69) is 26.6 Å². The Morgan fingerprint density at radius 1 is 1.39 bits per heavy atom. The Kier molecular flexibility index (Phi) is 4.59. The van der Waals surface area contributed by atoms with Crippen LogP contribution in [0, 0.1) is 0 Å². The fraction of sp³-hybridized carbons (Fsp3) is 0.273. The first-order valence-corrected chi connectivity index (χ1v) is 6.17. The van der Waals surface area contributed by atoms with Crippen molar-refractivity contribution in [1.82, 2.24) is 5.32 Å². The highest BCUT2D eigenvalue weighted by molar-refractivity contribution is 9.10. The highest BCUT2D eigenvalue weighted by Crippen LogP contribution is 2.25. The Hall–Kier alpha value is -1.27. The summed E-state index contributed by atoms with van der Waals surface area (Å²) in [5.41, 5.74) is -0.954. The van der Waals surface area contributed by atoms with Crippen LogP contribution in [-0.2, 0) is 4.79 Å². The van der Waals surface area contributed by atoms with Crippen LogP contribution in [0.15, 0.2) is 22.7 Å². The smallest absolute Gasteiger partial charge is 0.328 e. The number of aliphatic carboxylic acids is 1. The van der Waals surface area contributed by atoms with E-state index in [1.807, 2.05) is 0 Å². The van der Waals surface area contributed by atoms with Gasteiger partial charge in [0.25, 0.3) is 0 Å². The number of urea groups is 1. The molecule has 0 fully saturated rings. The fourth-order valence-electron chi connectivity index (χ4n) is 1.08. The van der Waals surface area contributed by atoms with Gasteiger partial charge in [-0.3, -0.25) is 0 Å². The summed E-state index contributed by atoms with van der Waals surface area (Å²) in [6, 6.07) is 4.31. The van der Waals surface area contributed by atoms with Gasteiger partial charge < -0.3 is 15.7 Å². The largest absolute Gasteiger partial charge is 0.480 e. The summed E-state index contributed by atoms with van der Waals surface area (Å²) in [5, 5.41) is 14.0. The Bertz CT molecular complexity index is 491. The van der Waals surface area contributed by atoms with Gasteiger partial charge in [0.05, 0.1) is 10.7 Å². The number of hydrogen-bond donors (Lipinski definition) is 3. The van der Waals surface area contributed by atoms with Crippen molar-refractivity contribution in [3.63, 3.8) is 0 Å². The molecule has 0 aliphatic rings. The first kappa shape index (κ1) is 14.8. The quantitative estimate of drug-likeness (QED) is 0.794. The van der Waals surface area contributed by atoms with Gasteiger partial charge in [-0.05, 0) is 32.0 Å². The van der Waals surface area contributed by atoms with Crippen molar-refractivity contribution in [2.24, 2.45) is 0 Å². The number of halogens is 2. The Balaban J connectivity index is 2.74. The number of hydrogen-bond acceptors (Lipinski definition) is 2. The molecule has 0 aliphatic carbocycles. The van der Waals surface area contributed by atoms with Gasteiger partial charge in [0.2, 0.25) is 0 Å². The van der Waals surface area contributed by atoms with Gasteiger partial charge in [-0.2, -0.15) is 0 Å². The van der Waals surface area contributed by atoms with Crippen LogP contribution < -0.4 is 10.6 Å². The Morgan fingerprint density at radius 3 is 2.50 bits per heavy atom. The first-order valence-electron chi connectivity index (χ1n) is 5.00. The highest BCUT2D eigenvalue weighted by Gasteiger charge is 2.29. The molecule has 0 atom stereocenters. The van der Waals surface area contributed by atoms with E-state index in [4.69, 9.17) is 16.7 Å². The summed E-state index contributed by atoms with van der Waals surface area (Å²) in [6.07, 6.45) is 0. The van der Waals surface area contributed by atoms with Gasteiger partial charge in [-0.15, -0.1) is 0 Å². The molecular weight excluding hydrogens is 323 g/mol. The molecule has 7 heteroatoms. The lowest BCUT2D eigenvalue weighted by atomic mass is 10.1. The fourth-order valence-corrected chi connectivity index (χ4v) is 1.80. The van der Waals surface area contributed by atoms with E-state index in [1.54, 1.807) is 18.2 Å². The summed E-state index contributed by atoms with van der Waals surface area (Å²) < 4.78 is 0.782. The summed E-state index contributed by atoms with van der Waals surface area (Å²) in [7, 11) is 0. The van der Waals surface area contributed by atoms with Crippen molar-refractivity contribution >= 4 is 45.2 Å². The van der Waals surface area contributed by atoms with E-state index in [0.717, 1.165) is 4.47 Å². The lowest BCUT2D eigenvalue weighted by molar-refractivity contribution is -0.142. The molecule has 0 unspecified atom stereocenters. The lowest BCUT2D eigenvalue weighted by Gasteiger charge is -2.21. The van der Waals surface area contributed by atoms with E-state index < -0.39 is 17.5 Å². The van der Waals surface area contributed by atoms with Crippen LogP contribution in [0.5, 0.6) is 0 Å². The molecule has 0 saturated heterocycles. The van der Waals surface area contributed by atoms with Gasteiger partial charge >= 0.3 is 12.0 Å². The number of carboxylic acids is 1. The van der Waals surface area contributed by atoms with E-state index in [-0.39, 0.29) is 0 Å². The van der Waals surface area contributed by atoms with Gasteiger partial charge in [-0.1, -0.05) is 27.5 Å². The maximum atomic E-state index is 11.6. The number of benzene rings is 1. The molecule has 3 N–H and O–H groups in total. The number of rotatable bonds is 3. The molecule has 0 bridgehead atoms. The summed E-state index contributed by atoms with van der Waals surface area (Å²) >= 11 is 9.16. The van der Waals surface area contributed by atoms with E-state index in [0.29, 0.717) is 10.7 Å². The summed E-state index contributed by atoms with van der Waals surface area (Å²) in [5.74, 6) is -1.13. The molecule has 18 heavy (non-hydrogen) atoms. The summed E-state index contributed by atoms with van der Waals surface area (Å²) in [4.78, 5) is 22.5. The molecule has 0 spiro atoms. The second-order valence-electron chi connectivity index (χ2n) is 4.13. The molecule has 1 aromatic carbocycles.